The Labute approximate surface area is 80.2 Å². The van der Waals surface area contributed by atoms with Crippen LogP contribution in [0.25, 0.3) is 0 Å². The van der Waals surface area contributed by atoms with Crippen molar-refractivity contribution in [1.29, 1.82) is 0 Å². The van der Waals surface area contributed by atoms with Crippen molar-refractivity contribution in [2.75, 3.05) is 0 Å². The maximum atomic E-state index is 4.42. The molecule has 0 N–H and O–H groups in total. The molecule has 0 radical (unpaired) electrons. The van der Waals surface area contributed by atoms with E-state index >= 15 is 0 Å². The van der Waals surface area contributed by atoms with Crippen molar-refractivity contribution in [2.45, 2.75) is 39.0 Å². The van der Waals surface area contributed by atoms with E-state index < -0.39 is 0 Å². The minimum Gasteiger partial charge on any atom is -0.261 e. The molecule has 0 fully saturated rings. The van der Waals surface area contributed by atoms with Crippen LogP contribution in [-0.2, 0) is 12.8 Å². The zero-order valence-electron chi connectivity index (χ0n) is 8.29. The summed E-state index contributed by atoms with van der Waals surface area (Å²) in [5.41, 5.74) is 2.84. The third-order valence-electron chi connectivity index (χ3n) is 2.94. The third kappa shape index (κ3) is 1.90. The summed E-state index contributed by atoms with van der Waals surface area (Å²) in [6.45, 7) is 2.26. The fourth-order valence-electron chi connectivity index (χ4n) is 2.19. The van der Waals surface area contributed by atoms with Crippen LogP contribution in [0.1, 0.15) is 37.4 Å². The summed E-state index contributed by atoms with van der Waals surface area (Å²) >= 11 is 0. The van der Waals surface area contributed by atoms with Crippen LogP contribution in [0.15, 0.2) is 18.3 Å². The number of nitrogens with zero attached hydrogens (tertiary/aromatic N) is 1. The van der Waals surface area contributed by atoms with E-state index in [1.54, 1.807) is 0 Å². The van der Waals surface area contributed by atoms with Gasteiger partial charge < -0.3 is 0 Å². The van der Waals surface area contributed by atoms with Crippen molar-refractivity contribution in [2.24, 2.45) is 5.92 Å². The minimum atomic E-state index is 0.879. The summed E-state index contributed by atoms with van der Waals surface area (Å²) in [6, 6.07) is 4.29. The molecule has 0 amide bonds. The number of fused-ring (bicyclic) bond motifs is 1. The van der Waals surface area contributed by atoms with Crippen LogP contribution in [-0.4, -0.2) is 4.98 Å². The van der Waals surface area contributed by atoms with E-state index in [1.807, 2.05) is 6.20 Å². The molecule has 0 aliphatic heterocycles. The second-order valence-corrected chi connectivity index (χ2v) is 4.03. The molecule has 1 aliphatic rings. The third-order valence-corrected chi connectivity index (χ3v) is 2.94. The number of aromatic nitrogens is 1. The van der Waals surface area contributed by atoms with Gasteiger partial charge in [-0.15, -0.1) is 0 Å². The molecule has 1 atom stereocenters. The predicted octanol–water partition coefficient (Wildman–Crippen LogP) is 2.99. The monoisotopic (exact) mass is 175 g/mol. The molecule has 70 valence electrons. The molecule has 1 aliphatic carbocycles. The van der Waals surface area contributed by atoms with Gasteiger partial charge in [0, 0.05) is 11.9 Å². The van der Waals surface area contributed by atoms with E-state index in [2.05, 4.69) is 24.0 Å². The summed E-state index contributed by atoms with van der Waals surface area (Å²) in [5.74, 6) is 0.879. The highest BCUT2D eigenvalue weighted by Crippen LogP contribution is 2.27. The second kappa shape index (κ2) is 3.91. The molecule has 1 heterocycles. The van der Waals surface area contributed by atoms with Gasteiger partial charge in [0.2, 0.25) is 0 Å². The summed E-state index contributed by atoms with van der Waals surface area (Å²) in [7, 11) is 0. The fourth-order valence-corrected chi connectivity index (χ4v) is 2.19. The van der Waals surface area contributed by atoms with Crippen LogP contribution < -0.4 is 0 Å². The van der Waals surface area contributed by atoms with Crippen molar-refractivity contribution in [3.63, 3.8) is 0 Å². The van der Waals surface area contributed by atoms with Gasteiger partial charge >= 0.3 is 0 Å². The largest absolute Gasteiger partial charge is 0.261 e. The van der Waals surface area contributed by atoms with Crippen molar-refractivity contribution in [1.82, 2.24) is 4.98 Å². The maximum absolute atomic E-state index is 4.42. The van der Waals surface area contributed by atoms with E-state index in [1.165, 1.54) is 43.4 Å². The van der Waals surface area contributed by atoms with Crippen LogP contribution in [0.3, 0.4) is 0 Å². The van der Waals surface area contributed by atoms with Crippen LogP contribution in [0.4, 0.5) is 0 Å². The first-order chi connectivity index (χ1) is 6.40. The summed E-state index contributed by atoms with van der Waals surface area (Å²) in [4.78, 5) is 4.42. The van der Waals surface area contributed by atoms with Crippen LogP contribution in [0, 0.1) is 5.92 Å². The Hall–Kier alpha value is -0.850. The molecule has 1 heteroatoms. The van der Waals surface area contributed by atoms with Gasteiger partial charge in [-0.3, -0.25) is 4.98 Å². The van der Waals surface area contributed by atoms with E-state index in [9.17, 15) is 0 Å². The second-order valence-electron chi connectivity index (χ2n) is 4.03. The lowest BCUT2D eigenvalue weighted by atomic mass is 10.00. The smallest absolute Gasteiger partial charge is 0.0438 e. The van der Waals surface area contributed by atoms with Crippen LogP contribution in [0.2, 0.25) is 0 Å². The Morgan fingerprint density at radius 1 is 1.46 bits per heavy atom. The van der Waals surface area contributed by atoms with Crippen LogP contribution >= 0.6 is 0 Å². The first-order valence-electron chi connectivity index (χ1n) is 5.33. The zero-order valence-corrected chi connectivity index (χ0v) is 8.29. The standard InChI is InChI=1S/C12H17N/c1-2-3-5-10-8-11-6-4-7-13-12(11)9-10/h4,6-7,10H,2-3,5,8-9H2,1H3. The molecule has 0 aromatic carbocycles. The Morgan fingerprint density at radius 3 is 3.15 bits per heavy atom. The van der Waals surface area contributed by atoms with Gasteiger partial charge in [-0.05, 0) is 36.8 Å². The van der Waals surface area contributed by atoms with Gasteiger partial charge in [-0.25, -0.2) is 0 Å². The molecule has 13 heavy (non-hydrogen) atoms. The highest BCUT2D eigenvalue weighted by atomic mass is 14.7. The number of hydrogen-bond acceptors (Lipinski definition) is 1. The van der Waals surface area contributed by atoms with Gasteiger partial charge in [-0.2, -0.15) is 0 Å². The highest BCUT2D eigenvalue weighted by Gasteiger charge is 2.20. The van der Waals surface area contributed by atoms with Gasteiger partial charge in [0.05, 0.1) is 0 Å². The van der Waals surface area contributed by atoms with Gasteiger partial charge in [0.15, 0.2) is 0 Å². The average Bonchev–Trinajstić information content (AvgIpc) is 2.57. The van der Waals surface area contributed by atoms with Gasteiger partial charge in [0.25, 0.3) is 0 Å². The van der Waals surface area contributed by atoms with E-state index in [0.717, 1.165) is 5.92 Å². The van der Waals surface area contributed by atoms with Crippen molar-refractivity contribution in [3.8, 4) is 0 Å². The molecule has 0 saturated carbocycles. The Balaban J connectivity index is 1.97. The van der Waals surface area contributed by atoms with E-state index in [-0.39, 0.29) is 0 Å². The molecule has 1 nitrogen and oxygen atoms in total. The van der Waals surface area contributed by atoms with Crippen molar-refractivity contribution >= 4 is 0 Å². The van der Waals surface area contributed by atoms with E-state index in [0.29, 0.717) is 0 Å². The van der Waals surface area contributed by atoms with Crippen LogP contribution in [0.5, 0.6) is 0 Å². The molecule has 0 saturated heterocycles. The number of rotatable bonds is 3. The van der Waals surface area contributed by atoms with Crippen molar-refractivity contribution in [3.05, 3.63) is 29.6 Å². The minimum absolute atomic E-state index is 0.879. The first-order valence-corrected chi connectivity index (χ1v) is 5.33. The Kier molecular flexibility index (Phi) is 2.62. The molecule has 1 aromatic heterocycles. The van der Waals surface area contributed by atoms with Gasteiger partial charge in [-0.1, -0.05) is 25.8 Å². The lowest BCUT2D eigenvalue weighted by molar-refractivity contribution is 0.487. The maximum Gasteiger partial charge on any atom is 0.0438 e. The Bertz CT molecular complexity index is 255. The predicted molar refractivity (Wildman–Crippen MR) is 54.7 cm³/mol. The molecule has 1 aromatic rings. The average molecular weight is 175 g/mol. The number of unbranched alkanes of at least 4 members (excludes halogenated alkanes) is 1. The molecular weight excluding hydrogens is 158 g/mol. The summed E-state index contributed by atoms with van der Waals surface area (Å²) in [5, 5.41) is 0. The molecular formula is C12H17N. The van der Waals surface area contributed by atoms with Crippen molar-refractivity contribution < 1.29 is 0 Å². The molecule has 1 unspecified atom stereocenters. The lowest BCUT2D eigenvalue weighted by Gasteiger charge is -2.05. The fraction of sp³-hybridized carbons (Fsp3) is 0.583. The Morgan fingerprint density at radius 2 is 2.38 bits per heavy atom. The van der Waals surface area contributed by atoms with E-state index in [4.69, 9.17) is 0 Å². The summed E-state index contributed by atoms with van der Waals surface area (Å²) in [6.07, 6.45) is 8.48. The SMILES string of the molecule is CCCCC1Cc2cccnc2C1. The molecule has 0 bridgehead atoms. The lowest BCUT2D eigenvalue weighted by Crippen LogP contribution is -1.98. The zero-order chi connectivity index (χ0) is 9.10. The molecule has 0 spiro atoms. The number of hydrogen-bond donors (Lipinski definition) is 0. The number of pyridine rings is 1. The van der Waals surface area contributed by atoms with Gasteiger partial charge in [0.1, 0.15) is 0 Å². The molecule has 2 rings (SSSR count). The highest BCUT2D eigenvalue weighted by molar-refractivity contribution is 5.25. The normalized spacial score (nSPS) is 20.2. The topological polar surface area (TPSA) is 12.9 Å². The quantitative estimate of drug-likeness (QED) is 0.688. The first kappa shape index (κ1) is 8.74. The summed E-state index contributed by atoms with van der Waals surface area (Å²) < 4.78 is 0.